The van der Waals surface area contributed by atoms with Crippen LogP contribution in [-0.4, -0.2) is 24.6 Å². The zero-order valence-corrected chi connectivity index (χ0v) is 10.5. The number of methoxy groups -OCH3 is 1. The van der Waals surface area contributed by atoms with Crippen LogP contribution < -0.4 is 4.74 Å². The zero-order chi connectivity index (χ0) is 11.5. The van der Waals surface area contributed by atoms with Crippen molar-refractivity contribution in [2.24, 2.45) is 0 Å². The number of hydrogen-bond acceptors (Lipinski definition) is 2. The molecule has 0 radical (unpaired) electrons. The van der Waals surface area contributed by atoms with E-state index in [1.165, 1.54) is 30.5 Å². The molecule has 0 spiro atoms. The van der Waals surface area contributed by atoms with Crippen molar-refractivity contribution >= 4 is 0 Å². The number of rotatable bonds is 2. The smallest absolute Gasteiger partial charge is 0.119 e. The summed E-state index contributed by atoms with van der Waals surface area (Å²) in [6.45, 7) is 6.83. The van der Waals surface area contributed by atoms with Gasteiger partial charge in [0.1, 0.15) is 5.75 Å². The van der Waals surface area contributed by atoms with Gasteiger partial charge in [-0.05, 0) is 56.5 Å². The molecule has 2 nitrogen and oxygen atoms in total. The number of aryl methyl sites for hydroxylation is 1. The van der Waals surface area contributed by atoms with Crippen LogP contribution in [0, 0.1) is 0 Å². The number of benzene rings is 1. The summed E-state index contributed by atoms with van der Waals surface area (Å²) in [5, 5.41) is 0. The van der Waals surface area contributed by atoms with Crippen molar-refractivity contribution in [3.05, 3.63) is 29.3 Å². The Hall–Kier alpha value is -1.02. The van der Waals surface area contributed by atoms with Gasteiger partial charge in [-0.25, -0.2) is 0 Å². The van der Waals surface area contributed by atoms with Crippen LogP contribution in [0.4, 0.5) is 0 Å². The Labute approximate surface area is 98.2 Å². The first-order chi connectivity index (χ1) is 7.70. The van der Waals surface area contributed by atoms with E-state index in [-0.39, 0.29) is 0 Å². The summed E-state index contributed by atoms with van der Waals surface area (Å²) in [6, 6.07) is 7.12. The Kier molecular flexibility index (Phi) is 3.49. The fourth-order valence-electron chi connectivity index (χ4n) is 2.33. The third-order valence-electron chi connectivity index (χ3n) is 3.41. The fraction of sp³-hybridized carbons (Fsp3) is 0.571. The number of hydrogen-bond donors (Lipinski definition) is 0. The highest BCUT2D eigenvalue weighted by molar-refractivity contribution is 5.36. The molecule has 1 aromatic carbocycles. The van der Waals surface area contributed by atoms with E-state index in [1.54, 1.807) is 7.11 Å². The zero-order valence-electron chi connectivity index (χ0n) is 10.5. The van der Waals surface area contributed by atoms with E-state index in [1.807, 2.05) is 0 Å². The molecule has 0 aromatic heterocycles. The van der Waals surface area contributed by atoms with Crippen LogP contribution in [-0.2, 0) is 13.0 Å². The average molecular weight is 219 g/mol. The highest BCUT2D eigenvalue weighted by Gasteiger charge is 2.16. The highest BCUT2D eigenvalue weighted by atomic mass is 16.5. The number of fused-ring (bicyclic) bond motifs is 1. The average Bonchev–Trinajstić information content (AvgIpc) is 2.49. The number of nitrogens with zero attached hydrogens (tertiary/aromatic N) is 1. The standard InChI is InChI=1S/C14H21NO/c1-11(2)15-8-4-5-12-9-14(16-3)7-6-13(12)10-15/h6-7,9,11H,4-5,8,10H2,1-3H3. The van der Waals surface area contributed by atoms with Crippen LogP contribution >= 0.6 is 0 Å². The summed E-state index contributed by atoms with van der Waals surface area (Å²) in [7, 11) is 1.73. The first kappa shape index (κ1) is 11.5. The van der Waals surface area contributed by atoms with E-state index in [0.29, 0.717) is 6.04 Å². The molecule has 0 aliphatic carbocycles. The summed E-state index contributed by atoms with van der Waals surface area (Å²) in [5.41, 5.74) is 2.93. The second kappa shape index (κ2) is 4.88. The molecule has 1 aliphatic heterocycles. The van der Waals surface area contributed by atoms with Crippen LogP contribution in [0.3, 0.4) is 0 Å². The Morgan fingerprint density at radius 3 is 2.75 bits per heavy atom. The Morgan fingerprint density at radius 2 is 2.06 bits per heavy atom. The van der Waals surface area contributed by atoms with Crippen LogP contribution in [0.15, 0.2) is 18.2 Å². The minimum Gasteiger partial charge on any atom is -0.497 e. The summed E-state index contributed by atoms with van der Waals surface area (Å²) in [4.78, 5) is 2.54. The van der Waals surface area contributed by atoms with Gasteiger partial charge in [-0.2, -0.15) is 0 Å². The maximum Gasteiger partial charge on any atom is 0.119 e. The molecule has 0 saturated carbocycles. The lowest BCUT2D eigenvalue weighted by Gasteiger charge is -2.24. The van der Waals surface area contributed by atoms with Gasteiger partial charge in [0.15, 0.2) is 0 Å². The van der Waals surface area contributed by atoms with Crippen molar-refractivity contribution in [3.63, 3.8) is 0 Å². The van der Waals surface area contributed by atoms with Crippen molar-refractivity contribution in [2.75, 3.05) is 13.7 Å². The second-order valence-electron chi connectivity index (χ2n) is 4.80. The molecule has 88 valence electrons. The normalized spacial score (nSPS) is 17.0. The predicted octanol–water partition coefficient (Wildman–Crippen LogP) is 2.85. The summed E-state index contributed by atoms with van der Waals surface area (Å²) in [6.07, 6.45) is 2.42. The molecule has 1 heterocycles. The van der Waals surface area contributed by atoms with Crippen molar-refractivity contribution in [3.8, 4) is 5.75 Å². The van der Waals surface area contributed by atoms with Gasteiger partial charge in [0, 0.05) is 12.6 Å². The second-order valence-corrected chi connectivity index (χ2v) is 4.80. The van der Waals surface area contributed by atoms with E-state index >= 15 is 0 Å². The Balaban J connectivity index is 2.24. The Bertz CT molecular complexity index is 360. The van der Waals surface area contributed by atoms with Gasteiger partial charge >= 0.3 is 0 Å². The van der Waals surface area contributed by atoms with E-state index in [2.05, 4.69) is 36.9 Å². The van der Waals surface area contributed by atoms with Crippen LogP contribution in [0.1, 0.15) is 31.4 Å². The molecule has 0 amide bonds. The van der Waals surface area contributed by atoms with E-state index in [0.717, 1.165) is 12.3 Å². The van der Waals surface area contributed by atoms with Crippen molar-refractivity contribution in [1.82, 2.24) is 4.90 Å². The molecule has 2 heteroatoms. The van der Waals surface area contributed by atoms with E-state index in [9.17, 15) is 0 Å². The lowest BCUT2D eigenvalue weighted by molar-refractivity contribution is 0.216. The first-order valence-electron chi connectivity index (χ1n) is 6.10. The minimum absolute atomic E-state index is 0.632. The lowest BCUT2D eigenvalue weighted by atomic mass is 10.0. The molecule has 0 N–H and O–H groups in total. The molecular formula is C14H21NO. The summed E-state index contributed by atoms with van der Waals surface area (Å²) >= 11 is 0. The molecule has 0 unspecified atom stereocenters. The van der Waals surface area contributed by atoms with Gasteiger partial charge in [-0.3, -0.25) is 4.90 Å². The molecule has 0 fully saturated rings. The van der Waals surface area contributed by atoms with Crippen molar-refractivity contribution in [1.29, 1.82) is 0 Å². The van der Waals surface area contributed by atoms with Crippen LogP contribution in [0.5, 0.6) is 5.75 Å². The van der Waals surface area contributed by atoms with Gasteiger partial charge in [0.25, 0.3) is 0 Å². The molecule has 0 atom stereocenters. The van der Waals surface area contributed by atoms with Crippen LogP contribution in [0.25, 0.3) is 0 Å². The molecule has 1 aromatic rings. The van der Waals surface area contributed by atoms with E-state index < -0.39 is 0 Å². The Morgan fingerprint density at radius 1 is 1.25 bits per heavy atom. The van der Waals surface area contributed by atoms with E-state index in [4.69, 9.17) is 4.74 Å². The molecule has 16 heavy (non-hydrogen) atoms. The molecule has 0 saturated heterocycles. The topological polar surface area (TPSA) is 12.5 Å². The quantitative estimate of drug-likeness (QED) is 0.758. The molecule has 0 bridgehead atoms. The highest BCUT2D eigenvalue weighted by Crippen LogP contribution is 2.24. The van der Waals surface area contributed by atoms with Gasteiger partial charge in [-0.1, -0.05) is 6.07 Å². The largest absolute Gasteiger partial charge is 0.497 e. The summed E-state index contributed by atoms with van der Waals surface area (Å²) in [5.74, 6) is 0.983. The third kappa shape index (κ3) is 2.38. The predicted molar refractivity (Wildman–Crippen MR) is 66.9 cm³/mol. The molecular weight excluding hydrogens is 198 g/mol. The molecule has 2 rings (SSSR count). The first-order valence-corrected chi connectivity index (χ1v) is 6.10. The lowest BCUT2D eigenvalue weighted by Crippen LogP contribution is -2.30. The molecule has 1 aliphatic rings. The summed E-state index contributed by atoms with van der Waals surface area (Å²) < 4.78 is 5.28. The maximum atomic E-state index is 5.28. The van der Waals surface area contributed by atoms with Crippen molar-refractivity contribution < 1.29 is 4.74 Å². The maximum absolute atomic E-state index is 5.28. The third-order valence-corrected chi connectivity index (χ3v) is 3.41. The minimum atomic E-state index is 0.632. The fourth-order valence-corrected chi connectivity index (χ4v) is 2.33. The number of ether oxygens (including phenoxy) is 1. The SMILES string of the molecule is COc1ccc2c(c1)CCCN(C(C)C)C2. The van der Waals surface area contributed by atoms with Crippen molar-refractivity contribution in [2.45, 2.75) is 39.3 Å². The van der Waals surface area contributed by atoms with Gasteiger partial charge < -0.3 is 4.74 Å². The van der Waals surface area contributed by atoms with Gasteiger partial charge in [-0.15, -0.1) is 0 Å². The van der Waals surface area contributed by atoms with Gasteiger partial charge in [0.05, 0.1) is 7.11 Å². The van der Waals surface area contributed by atoms with Gasteiger partial charge in [0.2, 0.25) is 0 Å². The monoisotopic (exact) mass is 219 g/mol. The van der Waals surface area contributed by atoms with Crippen LogP contribution in [0.2, 0.25) is 0 Å².